The summed E-state index contributed by atoms with van der Waals surface area (Å²) in [5, 5.41) is 0.0852. The molecule has 0 N–H and O–H groups in total. The Balaban J connectivity index is 2.21. The van der Waals surface area contributed by atoms with E-state index >= 15 is 0 Å². The number of hydrogen-bond acceptors (Lipinski definition) is 1. The standard InChI is InChI=1S/C14H10BrCl2FO/c15-11-5-1-3-9(7-16)14(11)19-8-10-4-2-6-12(18)13(10)17/h1-6H,7-8H2. The summed E-state index contributed by atoms with van der Waals surface area (Å²) in [6.07, 6.45) is 0. The monoisotopic (exact) mass is 362 g/mol. The molecule has 0 amide bonds. The number of benzene rings is 2. The van der Waals surface area contributed by atoms with Gasteiger partial charge in [-0.25, -0.2) is 4.39 Å². The van der Waals surface area contributed by atoms with Crippen molar-refractivity contribution in [3.8, 4) is 5.75 Å². The molecule has 19 heavy (non-hydrogen) atoms. The molecular formula is C14H10BrCl2FO. The van der Waals surface area contributed by atoms with Crippen molar-refractivity contribution in [3.63, 3.8) is 0 Å². The summed E-state index contributed by atoms with van der Waals surface area (Å²) in [4.78, 5) is 0. The Bertz CT molecular complexity index is 590. The molecule has 0 radical (unpaired) electrons. The summed E-state index contributed by atoms with van der Waals surface area (Å²) in [5.41, 5.74) is 1.46. The van der Waals surface area contributed by atoms with Crippen LogP contribution in [0.1, 0.15) is 11.1 Å². The molecular weight excluding hydrogens is 354 g/mol. The van der Waals surface area contributed by atoms with E-state index in [9.17, 15) is 4.39 Å². The lowest BCUT2D eigenvalue weighted by Gasteiger charge is -2.12. The molecule has 0 saturated heterocycles. The molecule has 0 heterocycles. The minimum atomic E-state index is -0.451. The lowest BCUT2D eigenvalue weighted by molar-refractivity contribution is 0.301. The summed E-state index contributed by atoms with van der Waals surface area (Å²) < 4.78 is 19.8. The van der Waals surface area contributed by atoms with Gasteiger partial charge in [-0.2, -0.15) is 0 Å². The average molecular weight is 364 g/mol. The molecule has 0 aliphatic rings. The minimum absolute atomic E-state index is 0.0852. The third-order valence-corrected chi connectivity index (χ3v) is 3.93. The van der Waals surface area contributed by atoms with Crippen LogP contribution in [0.4, 0.5) is 4.39 Å². The molecule has 2 aromatic rings. The molecule has 0 unspecified atom stereocenters. The second-order valence-corrected chi connectivity index (χ2v) is 5.36. The van der Waals surface area contributed by atoms with Crippen LogP contribution in [-0.4, -0.2) is 0 Å². The van der Waals surface area contributed by atoms with Crippen LogP contribution in [0.25, 0.3) is 0 Å². The molecule has 0 fully saturated rings. The summed E-state index contributed by atoms with van der Waals surface area (Å²) in [6.45, 7) is 0.184. The first-order chi connectivity index (χ1) is 9.13. The average Bonchev–Trinajstić information content (AvgIpc) is 2.41. The Labute approximate surface area is 129 Å². The van der Waals surface area contributed by atoms with Gasteiger partial charge in [0.05, 0.1) is 15.4 Å². The largest absolute Gasteiger partial charge is 0.487 e. The van der Waals surface area contributed by atoms with Crippen molar-refractivity contribution >= 4 is 39.1 Å². The molecule has 2 rings (SSSR count). The van der Waals surface area contributed by atoms with E-state index in [1.54, 1.807) is 12.1 Å². The molecule has 0 aromatic heterocycles. The maximum Gasteiger partial charge on any atom is 0.142 e. The van der Waals surface area contributed by atoms with Crippen molar-refractivity contribution in [1.82, 2.24) is 0 Å². The van der Waals surface area contributed by atoms with E-state index in [1.165, 1.54) is 6.07 Å². The predicted octanol–water partition coefficient (Wildman–Crippen LogP) is 5.56. The summed E-state index contributed by atoms with van der Waals surface area (Å²) in [7, 11) is 0. The fraction of sp³-hybridized carbons (Fsp3) is 0.143. The highest BCUT2D eigenvalue weighted by Crippen LogP contribution is 2.31. The number of rotatable bonds is 4. The van der Waals surface area contributed by atoms with Crippen LogP contribution in [0, 0.1) is 5.82 Å². The maximum atomic E-state index is 13.3. The van der Waals surface area contributed by atoms with E-state index in [4.69, 9.17) is 27.9 Å². The second kappa shape index (κ2) is 6.60. The molecule has 0 spiro atoms. The Morgan fingerprint density at radius 2 is 1.79 bits per heavy atom. The zero-order chi connectivity index (χ0) is 13.8. The zero-order valence-electron chi connectivity index (χ0n) is 9.80. The minimum Gasteiger partial charge on any atom is -0.487 e. The number of ether oxygens (including phenoxy) is 1. The van der Waals surface area contributed by atoms with Gasteiger partial charge in [-0.3, -0.25) is 0 Å². The van der Waals surface area contributed by atoms with Gasteiger partial charge in [0.15, 0.2) is 0 Å². The summed E-state index contributed by atoms with van der Waals surface area (Å²) in [6, 6.07) is 10.3. The van der Waals surface area contributed by atoms with Crippen LogP contribution in [0.15, 0.2) is 40.9 Å². The van der Waals surface area contributed by atoms with Crippen LogP contribution < -0.4 is 4.74 Å². The molecule has 0 aliphatic heterocycles. The molecule has 0 aliphatic carbocycles. The first-order valence-corrected chi connectivity index (χ1v) is 7.23. The lowest BCUT2D eigenvalue weighted by atomic mass is 10.2. The van der Waals surface area contributed by atoms with Gasteiger partial charge in [0.25, 0.3) is 0 Å². The van der Waals surface area contributed by atoms with Crippen molar-refractivity contribution in [2.75, 3.05) is 0 Å². The fourth-order valence-electron chi connectivity index (χ4n) is 1.63. The van der Waals surface area contributed by atoms with Gasteiger partial charge >= 0.3 is 0 Å². The number of para-hydroxylation sites is 1. The Kier molecular flexibility index (Phi) is 5.08. The number of halogens is 4. The van der Waals surface area contributed by atoms with Crippen LogP contribution >= 0.6 is 39.1 Å². The van der Waals surface area contributed by atoms with E-state index in [0.717, 1.165) is 10.0 Å². The highest BCUT2D eigenvalue weighted by Gasteiger charge is 2.10. The van der Waals surface area contributed by atoms with E-state index in [1.807, 2.05) is 18.2 Å². The van der Waals surface area contributed by atoms with Gasteiger partial charge in [0.1, 0.15) is 18.2 Å². The Hall–Kier alpha value is -0.770. The van der Waals surface area contributed by atoms with E-state index in [-0.39, 0.29) is 11.6 Å². The fourth-order valence-corrected chi connectivity index (χ4v) is 2.54. The van der Waals surface area contributed by atoms with Crippen molar-refractivity contribution < 1.29 is 9.13 Å². The van der Waals surface area contributed by atoms with E-state index < -0.39 is 5.82 Å². The van der Waals surface area contributed by atoms with Crippen LogP contribution in [0.2, 0.25) is 5.02 Å². The number of alkyl halides is 1. The van der Waals surface area contributed by atoms with E-state index in [2.05, 4.69) is 15.9 Å². The normalized spacial score (nSPS) is 10.5. The van der Waals surface area contributed by atoms with Gasteiger partial charge in [0.2, 0.25) is 0 Å². The molecule has 2 aromatic carbocycles. The van der Waals surface area contributed by atoms with Crippen molar-refractivity contribution in [2.24, 2.45) is 0 Å². The van der Waals surface area contributed by atoms with Crippen molar-refractivity contribution in [2.45, 2.75) is 12.5 Å². The van der Waals surface area contributed by atoms with Crippen LogP contribution in [0.5, 0.6) is 5.75 Å². The van der Waals surface area contributed by atoms with Crippen molar-refractivity contribution in [3.05, 3.63) is 62.8 Å². The van der Waals surface area contributed by atoms with E-state index in [0.29, 0.717) is 17.2 Å². The molecule has 0 bridgehead atoms. The van der Waals surface area contributed by atoms with Gasteiger partial charge in [-0.15, -0.1) is 11.6 Å². The molecule has 0 atom stereocenters. The first kappa shape index (κ1) is 14.6. The lowest BCUT2D eigenvalue weighted by Crippen LogP contribution is -2.00. The maximum absolute atomic E-state index is 13.3. The van der Waals surface area contributed by atoms with Gasteiger partial charge in [-0.05, 0) is 28.1 Å². The van der Waals surface area contributed by atoms with Crippen molar-refractivity contribution in [1.29, 1.82) is 0 Å². The third kappa shape index (κ3) is 3.41. The number of hydrogen-bond donors (Lipinski definition) is 0. The highest BCUT2D eigenvalue weighted by molar-refractivity contribution is 9.10. The summed E-state index contributed by atoms with van der Waals surface area (Å²) in [5.74, 6) is 0.538. The quantitative estimate of drug-likeness (QED) is 0.646. The van der Waals surface area contributed by atoms with Crippen LogP contribution in [0.3, 0.4) is 0 Å². The molecule has 100 valence electrons. The SMILES string of the molecule is Fc1cccc(COc2c(Br)cccc2CCl)c1Cl. The topological polar surface area (TPSA) is 9.23 Å². The molecule has 1 nitrogen and oxygen atoms in total. The predicted molar refractivity (Wildman–Crippen MR) is 79.4 cm³/mol. The highest BCUT2D eigenvalue weighted by atomic mass is 79.9. The second-order valence-electron chi connectivity index (χ2n) is 3.86. The van der Waals surface area contributed by atoms with Gasteiger partial charge in [-0.1, -0.05) is 35.9 Å². The Morgan fingerprint density at radius 3 is 2.53 bits per heavy atom. The molecule has 5 heteroatoms. The summed E-state index contributed by atoms with van der Waals surface area (Å²) >= 11 is 15.1. The zero-order valence-corrected chi connectivity index (χ0v) is 12.9. The van der Waals surface area contributed by atoms with Gasteiger partial charge in [0, 0.05) is 11.1 Å². The van der Waals surface area contributed by atoms with Gasteiger partial charge < -0.3 is 4.74 Å². The third-order valence-electron chi connectivity index (χ3n) is 2.60. The smallest absolute Gasteiger partial charge is 0.142 e. The first-order valence-electron chi connectivity index (χ1n) is 5.52. The Morgan fingerprint density at radius 1 is 1.11 bits per heavy atom. The van der Waals surface area contributed by atoms with Crippen LogP contribution in [-0.2, 0) is 12.5 Å². The molecule has 0 saturated carbocycles.